The molecule has 2 aromatic rings. The van der Waals surface area contributed by atoms with Crippen molar-refractivity contribution in [3.05, 3.63) is 12.7 Å². The van der Waals surface area contributed by atoms with Gasteiger partial charge in [-0.2, -0.15) is 0 Å². The van der Waals surface area contributed by atoms with E-state index >= 15 is 0 Å². The molecule has 0 bridgehead atoms. The van der Waals surface area contributed by atoms with Crippen LogP contribution in [0.2, 0.25) is 0 Å². The van der Waals surface area contributed by atoms with E-state index in [-0.39, 0.29) is 12.7 Å². The van der Waals surface area contributed by atoms with Crippen LogP contribution in [0.4, 0.5) is 5.82 Å². The van der Waals surface area contributed by atoms with E-state index in [4.69, 9.17) is 19.5 Å². The van der Waals surface area contributed by atoms with Gasteiger partial charge in [0.05, 0.1) is 25.1 Å². The summed E-state index contributed by atoms with van der Waals surface area (Å²) in [7, 11) is -4.12. The highest BCUT2D eigenvalue weighted by atomic mass is 31.2. The number of nitrogens with two attached hydrogens (primary N) is 1. The fourth-order valence-corrected chi connectivity index (χ4v) is 4.66. The van der Waals surface area contributed by atoms with Crippen molar-refractivity contribution in [3.63, 3.8) is 0 Å². The maximum Gasteiger partial charge on any atom is 0.472 e. The molecule has 2 fully saturated rings. The molecule has 26 heavy (non-hydrogen) atoms. The Kier molecular flexibility index (Phi) is 4.94. The minimum absolute atomic E-state index is 0.184. The molecule has 3 N–H and O–H groups in total. The molecular weight excluding hydrogens is 361 g/mol. The van der Waals surface area contributed by atoms with Crippen LogP contribution < -0.4 is 5.73 Å². The highest BCUT2D eigenvalue weighted by Crippen LogP contribution is 2.49. The molecule has 10 nitrogen and oxygen atoms in total. The second kappa shape index (κ2) is 7.21. The Balaban J connectivity index is 1.40. The zero-order valence-electron chi connectivity index (χ0n) is 14.2. The van der Waals surface area contributed by atoms with Crippen molar-refractivity contribution < 1.29 is 23.2 Å². The Hall–Kier alpha value is -1.58. The van der Waals surface area contributed by atoms with E-state index in [1.165, 1.54) is 6.33 Å². The van der Waals surface area contributed by atoms with Gasteiger partial charge in [-0.25, -0.2) is 19.5 Å². The SMILES string of the molecule is Nc1ncnc2c1ncn2[C@H]1C[C@H](OP(=O)(O)OC2CCCCC2)CO1. The van der Waals surface area contributed by atoms with Gasteiger partial charge in [0.25, 0.3) is 0 Å². The van der Waals surface area contributed by atoms with E-state index in [2.05, 4.69) is 15.0 Å². The van der Waals surface area contributed by atoms with Gasteiger partial charge in [-0.05, 0) is 12.8 Å². The first-order valence-electron chi connectivity index (χ1n) is 8.76. The molecule has 1 aliphatic carbocycles. The van der Waals surface area contributed by atoms with E-state index in [0.29, 0.717) is 23.4 Å². The molecule has 1 saturated heterocycles. The van der Waals surface area contributed by atoms with Crippen LogP contribution in [0.15, 0.2) is 12.7 Å². The summed E-state index contributed by atoms with van der Waals surface area (Å²) in [4.78, 5) is 22.3. The molecule has 142 valence electrons. The number of phosphoric acid groups is 1. The van der Waals surface area contributed by atoms with Crippen LogP contribution in [0.5, 0.6) is 0 Å². The molecular formula is C15H22N5O5P. The minimum Gasteiger partial charge on any atom is -0.382 e. The van der Waals surface area contributed by atoms with Gasteiger partial charge in [0.2, 0.25) is 0 Å². The number of hydrogen-bond acceptors (Lipinski definition) is 8. The largest absolute Gasteiger partial charge is 0.472 e. The summed E-state index contributed by atoms with van der Waals surface area (Å²) in [6, 6.07) is 0. The molecule has 4 rings (SSSR count). The van der Waals surface area contributed by atoms with E-state index < -0.39 is 20.2 Å². The highest BCUT2D eigenvalue weighted by Gasteiger charge is 2.36. The molecule has 0 amide bonds. The Bertz CT molecular complexity index is 824. The summed E-state index contributed by atoms with van der Waals surface area (Å²) in [5, 5.41) is 0. The predicted octanol–water partition coefficient (Wildman–Crippen LogP) is 2.16. The standard InChI is InChI=1S/C15H22N5O5P/c16-14-13-15(18-8-17-14)20(9-19-13)12-6-11(7-23-12)25-26(21,22)24-10-4-2-1-3-5-10/h8-12H,1-7H2,(H,21,22)(H2,16,17,18)/t11-,12+/m0/s1. The first-order valence-corrected chi connectivity index (χ1v) is 10.3. The lowest BCUT2D eigenvalue weighted by Crippen LogP contribution is -2.18. The third-order valence-corrected chi connectivity index (χ3v) is 5.88. The topological polar surface area (TPSA) is 135 Å². The van der Waals surface area contributed by atoms with Crippen LogP contribution in [-0.4, -0.2) is 43.2 Å². The second-order valence-corrected chi connectivity index (χ2v) is 8.03. The van der Waals surface area contributed by atoms with Crippen molar-refractivity contribution in [2.45, 2.75) is 57.0 Å². The van der Waals surface area contributed by atoms with Crippen LogP contribution in [0.25, 0.3) is 11.2 Å². The average molecular weight is 383 g/mol. The number of anilines is 1. The van der Waals surface area contributed by atoms with Crippen LogP contribution in [0.3, 0.4) is 0 Å². The normalized spacial score (nSPS) is 27.0. The first kappa shape index (κ1) is 17.8. The molecule has 2 aliphatic rings. The van der Waals surface area contributed by atoms with Gasteiger partial charge in [-0.3, -0.25) is 13.6 Å². The molecule has 1 unspecified atom stereocenters. The smallest absolute Gasteiger partial charge is 0.382 e. The maximum atomic E-state index is 12.3. The van der Waals surface area contributed by atoms with Crippen LogP contribution in [-0.2, 0) is 18.3 Å². The molecule has 1 aliphatic heterocycles. The van der Waals surface area contributed by atoms with Crippen molar-refractivity contribution in [1.82, 2.24) is 19.5 Å². The second-order valence-electron chi connectivity index (χ2n) is 6.67. The molecule has 0 radical (unpaired) electrons. The van der Waals surface area contributed by atoms with Gasteiger partial charge in [-0.1, -0.05) is 19.3 Å². The zero-order valence-corrected chi connectivity index (χ0v) is 15.1. The Labute approximate surface area is 150 Å². The Morgan fingerprint density at radius 3 is 2.77 bits per heavy atom. The molecule has 3 atom stereocenters. The zero-order chi connectivity index (χ0) is 18.1. The van der Waals surface area contributed by atoms with Gasteiger partial charge in [-0.15, -0.1) is 0 Å². The summed E-state index contributed by atoms with van der Waals surface area (Å²) >= 11 is 0. The summed E-state index contributed by atoms with van der Waals surface area (Å²) < 4.78 is 30.4. The van der Waals surface area contributed by atoms with Crippen LogP contribution in [0.1, 0.15) is 44.8 Å². The monoisotopic (exact) mass is 383 g/mol. The van der Waals surface area contributed by atoms with Crippen molar-refractivity contribution in [2.24, 2.45) is 0 Å². The highest BCUT2D eigenvalue weighted by molar-refractivity contribution is 7.47. The molecule has 1 saturated carbocycles. The number of ether oxygens (including phenoxy) is 1. The molecule has 11 heteroatoms. The Morgan fingerprint density at radius 2 is 1.96 bits per heavy atom. The molecule has 2 aromatic heterocycles. The van der Waals surface area contributed by atoms with Crippen LogP contribution >= 0.6 is 7.82 Å². The summed E-state index contributed by atoms with van der Waals surface area (Å²) in [5.74, 6) is 0.292. The first-order chi connectivity index (χ1) is 12.5. The lowest BCUT2D eigenvalue weighted by molar-refractivity contribution is 0.0383. The van der Waals surface area contributed by atoms with Crippen LogP contribution in [0, 0.1) is 0 Å². The molecule has 0 spiro atoms. The van der Waals surface area contributed by atoms with Crippen molar-refractivity contribution >= 4 is 24.8 Å². The number of hydrogen-bond donors (Lipinski definition) is 2. The van der Waals surface area contributed by atoms with E-state index in [0.717, 1.165) is 32.1 Å². The average Bonchev–Trinajstić information content (AvgIpc) is 3.22. The van der Waals surface area contributed by atoms with Gasteiger partial charge >= 0.3 is 7.82 Å². The number of rotatable bonds is 5. The number of phosphoric ester groups is 1. The quantitative estimate of drug-likeness (QED) is 0.745. The summed E-state index contributed by atoms with van der Waals surface area (Å²) in [6.07, 6.45) is 6.89. The number of aromatic nitrogens is 4. The predicted molar refractivity (Wildman–Crippen MR) is 92.0 cm³/mol. The third-order valence-electron chi connectivity index (χ3n) is 4.75. The van der Waals surface area contributed by atoms with E-state index in [1.807, 2.05) is 0 Å². The summed E-state index contributed by atoms with van der Waals surface area (Å²) in [5.41, 5.74) is 6.83. The molecule has 3 heterocycles. The number of nitrogens with zero attached hydrogens (tertiary/aromatic N) is 4. The lowest BCUT2D eigenvalue weighted by Gasteiger charge is -2.25. The van der Waals surface area contributed by atoms with Gasteiger partial charge < -0.3 is 15.4 Å². The fourth-order valence-electron chi connectivity index (χ4n) is 3.50. The lowest BCUT2D eigenvalue weighted by atomic mass is 9.98. The van der Waals surface area contributed by atoms with Crippen molar-refractivity contribution in [1.29, 1.82) is 0 Å². The number of imidazole rings is 1. The van der Waals surface area contributed by atoms with Crippen molar-refractivity contribution in [2.75, 3.05) is 12.3 Å². The maximum absolute atomic E-state index is 12.3. The van der Waals surface area contributed by atoms with Gasteiger partial charge in [0, 0.05) is 6.42 Å². The molecule has 0 aromatic carbocycles. The third kappa shape index (κ3) is 3.74. The van der Waals surface area contributed by atoms with E-state index in [1.54, 1.807) is 10.9 Å². The van der Waals surface area contributed by atoms with E-state index in [9.17, 15) is 9.46 Å². The fraction of sp³-hybridized carbons (Fsp3) is 0.667. The van der Waals surface area contributed by atoms with Crippen molar-refractivity contribution in [3.8, 4) is 0 Å². The summed E-state index contributed by atoms with van der Waals surface area (Å²) in [6.45, 7) is 0.184. The number of fused-ring (bicyclic) bond motifs is 1. The minimum atomic E-state index is -4.12. The Morgan fingerprint density at radius 1 is 1.19 bits per heavy atom. The van der Waals surface area contributed by atoms with Gasteiger partial charge in [0.15, 0.2) is 11.5 Å². The number of nitrogen functional groups attached to an aromatic ring is 1. The van der Waals surface area contributed by atoms with Gasteiger partial charge in [0.1, 0.15) is 18.1 Å².